The molecule has 1 aliphatic heterocycles. The van der Waals surface area contributed by atoms with Crippen molar-refractivity contribution in [3.8, 4) is 0 Å². The topological polar surface area (TPSA) is 102 Å². The highest BCUT2D eigenvalue weighted by molar-refractivity contribution is 4.36. The summed E-state index contributed by atoms with van der Waals surface area (Å²) in [5.74, 6) is 0. The van der Waals surface area contributed by atoms with Gasteiger partial charge in [-0.25, -0.2) is 0 Å². The first kappa shape index (κ1) is 8.53. The van der Waals surface area contributed by atoms with Crippen LogP contribution in [0.1, 0.15) is 0 Å². The van der Waals surface area contributed by atoms with E-state index in [-0.39, 0.29) is 0 Å². The molecule has 0 aromatic heterocycles. The summed E-state index contributed by atoms with van der Waals surface area (Å²) in [5.41, 5.74) is 0. The van der Waals surface area contributed by atoms with E-state index in [1.165, 1.54) is 0 Å². The quantitative estimate of drug-likeness (QED) is 0.332. The van der Waals surface area contributed by atoms with Crippen molar-refractivity contribution in [3.63, 3.8) is 0 Å². The molecule has 0 amide bonds. The van der Waals surface area contributed by atoms with E-state index < -0.39 is 20.1 Å². The molecule has 1 rings (SSSR count). The highest BCUT2D eigenvalue weighted by Gasteiger charge is 2.11. The van der Waals surface area contributed by atoms with Gasteiger partial charge in [-0.2, -0.15) is 0 Å². The van der Waals surface area contributed by atoms with Crippen molar-refractivity contribution in [2.75, 3.05) is 13.2 Å². The molecular formula is C2H5IO5. The fourth-order valence-electron chi connectivity index (χ4n) is 0. The summed E-state index contributed by atoms with van der Waals surface area (Å²) in [6.45, 7) is 2.00. The molecule has 1 saturated heterocycles. The molecule has 1 aliphatic rings. The number of ether oxygens (including phenoxy) is 1. The molecule has 6 heteroatoms. The van der Waals surface area contributed by atoms with E-state index in [4.69, 9.17) is 13.7 Å². The van der Waals surface area contributed by atoms with Gasteiger partial charge >= 0.3 is 20.1 Å². The molecule has 1 heterocycles. The lowest BCUT2D eigenvalue weighted by Gasteiger charge is -1.93. The van der Waals surface area contributed by atoms with Gasteiger partial charge in [-0.1, -0.05) is 0 Å². The van der Waals surface area contributed by atoms with Crippen LogP contribution in [0.2, 0.25) is 0 Å². The second-order valence-electron chi connectivity index (χ2n) is 1.01. The maximum Gasteiger partial charge on any atom is 0.368 e. The third-order valence-electron chi connectivity index (χ3n) is 0.204. The van der Waals surface area contributed by atoms with Crippen LogP contribution in [0.25, 0.3) is 0 Å². The van der Waals surface area contributed by atoms with E-state index in [1.807, 2.05) is 0 Å². The average Bonchev–Trinajstić information content (AvgIpc) is 1.95. The first-order valence-corrected chi connectivity index (χ1v) is 5.32. The summed E-state index contributed by atoms with van der Waals surface area (Å²) in [4.78, 5) is 0. The first-order valence-electron chi connectivity index (χ1n) is 1.71. The zero-order valence-corrected chi connectivity index (χ0v) is 6.03. The predicted octanol–water partition coefficient (Wildman–Crippen LogP) is -7.10. The number of rotatable bonds is 0. The molecule has 0 atom stereocenters. The minimum atomic E-state index is -5.69. The summed E-state index contributed by atoms with van der Waals surface area (Å²) in [6, 6.07) is 0. The Hall–Kier alpha value is 0.530. The van der Waals surface area contributed by atoms with E-state index in [2.05, 4.69) is 4.74 Å². The molecule has 0 saturated carbocycles. The van der Waals surface area contributed by atoms with E-state index in [1.54, 1.807) is 0 Å². The highest BCUT2D eigenvalue weighted by atomic mass is 127. The summed E-state index contributed by atoms with van der Waals surface area (Å²) in [7, 11) is 0. The Morgan fingerprint density at radius 1 is 1.25 bits per heavy atom. The van der Waals surface area contributed by atoms with Crippen molar-refractivity contribution in [1.29, 1.82) is 0 Å². The largest absolute Gasteiger partial charge is 0.377 e. The fraction of sp³-hybridized carbons (Fsp3) is 1.00. The molecule has 0 aliphatic carbocycles. The molecule has 0 bridgehead atoms. The smallest absolute Gasteiger partial charge is 0.368 e. The van der Waals surface area contributed by atoms with Gasteiger partial charge in [0.25, 0.3) is 0 Å². The van der Waals surface area contributed by atoms with Crippen LogP contribution in [0.4, 0.5) is 0 Å². The molecule has 50 valence electrons. The fourth-order valence-corrected chi connectivity index (χ4v) is 0. The standard InChI is InChI=1S/C2H4O.HIO4/c1-2-3-1;2-1(3,4)5/h1-2H2;2H. The summed E-state index contributed by atoms with van der Waals surface area (Å²) >= 11 is -5.69. The molecule has 0 radical (unpaired) electrons. The van der Waals surface area contributed by atoms with Gasteiger partial charge in [0.15, 0.2) is 0 Å². The predicted molar refractivity (Wildman–Crippen MR) is 13.0 cm³/mol. The normalized spacial score (nSPS) is 16.5. The van der Waals surface area contributed by atoms with Gasteiger partial charge < -0.3 is 4.74 Å². The minimum absolute atomic E-state index is 1.00. The molecule has 1 N–H and O–H groups in total. The van der Waals surface area contributed by atoms with E-state index in [0.29, 0.717) is 0 Å². The molecule has 0 spiro atoms. The van der Waals surface area contributed by atoms with Crippen molar-refractivity contribution in [2.45, 2.75) is 0 Å². The second kappa shape index (κ2) is 3.54. The maximum atomic E-state index is 8.73. The Morgan fingerprint density at radius 2 is 1.38 bits per heavy atom. The van der Waals surface area contributed by atoms with Crippen LogP contribution in [-0.2, 0) is 4.74 Å². The molecule has 0 unspecified atom stereocenters. The van der Waals surface area contributed by atoms with Gasteiger partial charge in [-0.05, 0) is 0 Å². The second-order valence-corrected chi connectivity index (χ2v) is 3.27. The van der Waals surface area contributed by atoms with E-state index in [9.17, 15) is 0 Å². The molecule has 5 nitrogen and oxygen atoms in total. The Balaban J connectivity index is 0.000000135. The summed E-state index contributed by atoms with van der Waals surface area (Å²) in [6.07, 6.45) is 0. The third kappa shape index (κ3) is 85.3. The van der Waals surface area contributed by atoms with Gasteiger partial charge in [0.05, 0.1) is 13.2 Å². The van der Waals surface area contributed by atoms with Crippen molar-refractivity contribution >= 4 is 0 Å². The van der Waals surface area contributed by atoms with Crippen molar-refractivity contribution in [1.82, 2.24) is 0 Å². The Labute approximate surface area is 52.2 Å². The van der Waals surface area contributed by atoms with Gasteiger partial charge in [0.1, 0.15) is 0 Å². The number of hydrogen-bond acceptors (Lipinski definition) is 5. The molecular weight excluding hydrogens is 231 g/mol. The first-order chi connectivity index (χ1) is 3.50. The molecule has 0 aromatic carbocycles. The zero-order chi connectivity index (χ0) is 6.62. The monoisotopic (exact) mass is 236 g/mol. The molecule has 1 fully saturated rings. The van der Waals surface area contributed by atoms with E-state index in [0.717, 1.165) is 13.2 Å². The maximum absolute atomic E-state index is 8.73. The Morgan fingerprint density at radius 3 is 1.38 bits per heavy atom. The molecule has 0 aromatic rings. The van der Waals surface area contributed by atoms with Gasteiger partial charge in [0.2, 0.25) is 0 Å². The van der Waals surface area contributed by atoms with Crippen LogP contribution in [-0.4, -0.2) is 16.6 Å². The van der Waals surface area contributed by atoms with Crippen LogP contribution in [0.3, 0.4) is 0 Å². The van der Waals surface area contributed by atoms with Crippen LogP contribution in [0.15, 0.2) is 0 Å². The summed E-state index contributed by atoms with van der Waals surface area (Å²) < 4.78 is 37.7. The van der Waals surface area contributed by atoms with Gasteiger partial charge in [0, 0.05) is 3.44 Å². The van der Waals surface area contributed by atoms with Crippen molar-refractivity contribution < 1.29 is 38.6 Å². The lowest BCUT2D eigenvalue weighted by molar-refractivity contribution is -1.92. The third-order valence-corrected chi connectivity index (χ3v) is 0.204. The van der Waals surface area contributed by atoms with Crippen LogP contribution in [0, 0.1) is 0 Å². The minimum Gasteiger partial charge on any atom is -0.377 e. The number of hydrogen-bond donors (Lipinski definition) is 1. The number of epoxide rings is 1. The van der Waals surface area contributed by atoms with Crippen molar-refractivity contribution in [2.24, 2.45) is 0 Å². The zero-order valence-electron chi connectivity index (χ0n) is 3.87. The molecule has 8 heavy (non-hydrogen) atoms. The van der Waals surface area contributed by atoms with Crippen LogP contribution >= 0.6 is 0 Å². The van der Waals surface area contributed by atoms with Crippen molar-refractivity contribution in [3.05, 3.63) is 0 Å². The van der Waals surface area contributed by atoms with Gasteiger partial charge in [-0.3, -0.25) is 10.3 Å². The average molecular weight is 236 g/mol. The lowest BCUT2D eigenvalue weighted by atomic mass is 11.0. The SMILES string of the molecule is C1CO1.[O-][I+3]([O-])([O-])O. The Kier molecular flexibility index (Phi) is 3.77. The lowest BCUT2D eigenvalue weighted by Crippen LogP contribution is -4.23. The highest BCUT2D eigenvalue weighted by Crippen LogP contribution is 1.84. The van der Waals surface area contributed by atoms with Crippen LogP contribution < -0.4 is 30.4 Å². The summed E-state index contributed by atoms with van der Waals surface area (Å²) in [5, 5.41) is 0. The Bertz CT molecular complexity index is 47.2. The van der Waals surface area contributed by atoms with Crippen LogP contribution in [0.5, 0.6) is 0 Å². The van der Waals surface area contributed by atoms with Gasteiger partial charge in [-0.15, -0.1) is 0 Å². The van der Waals surface area contributed by atoms with E-state index >= 15 is 0 Å². The number of halogens is 1.